The summed E-state index contributed by atoms with van der Waals surface area (Å²) in [6.45, 7) is 2.27. The van der Waals surface area contributed by atoms with Crippen molar-refractivity contribution in [3.8, 4) is 11.3 Å². The maximum atomic E-state index is 12.8. The number of rotatable bonds is 6. The van der Waals surface area contributed by atoms with Crippen LogP contribution in [0.4, 0.5) is 5.95 Å². The van der Waals surface area contributed by atoms with Gasteiger partial charge in [0.15, 0.2) is 0 Å². The first-order valence-corrected chi connectivity index (χ1v) is 9.63. The van der Waals surface area contributed by atoms with Crippen molar-refractivity contribution in [3.05, 3.63) is 75.4 Å². The van der Waals surface area contributed by atoms with Gasteiger partial charge in [0.25, 0.3) is 5.91 Å². The summed E-state index contributed by atoms with van der Waals surface area (Å²) in [7, 11) is 0. The first kappa shape index (κ1) is 20.1. The number of hydrogen-bond acceptors (Lipinski definition) is 4. The standard InChI is InChI=1S/C21H20Cl2N4O/c1-13-18(20(28)25-11-5-8-14-6-3-2-4-7-14)19(27-21(24)26-13)15-9-10-16(22)17(23)12-15/h2-4,6-7,9-10,12H,5,8,11H2,1H3,(H,25,28)(H2,24,26,27). The molecule has 1 heterocycles. The number of aromatic nitrogens is 2. The molecule has 0 atom stereocenters. The number of amides is 1. The third kappa shape index (κ3) is 4.80. The topological polar surface area (TPSA) is 80.9 Å². The zero-order valence-electron chi connectivity index (χ0n) is 15.4. The quantitative estimate of drug-likeness (QED) is 0.572. The summed E-state index contributed by atoms with van der Waals surface area (Å²) in [6.07, 6.45) is 1.71. The molecular weight excluding hydrogens is 395 g/mol. The van der Waals surface area contributed by atoms with Gasteiger partial charge in [0, 0.05) is 12.1 Å². The highest BCUT2D eigenvalue weighted by Crippen LogP contribution is 2.30. The van der Waals surface area contributed by atoms with Gasteiger partial charge in [-0.2, -0.15) is 0 Å². The highest BCUT2D eigenvalue weighted by molar-refractivity contribution is 6.42. The molecule has 1 amide bonds. The van der Waals surface area contributed by atoms with Gasteiger partial charge in [-0.25, -0.2) is 9.97 Å². The summed E-state index contributed by atoms with van der Waals surface area (Å²) in [5.41, 5.74) is 9.02. The molecule has 3 rings (SSSR count). The van der Waals surface area contributed by atoms with Crippen LogP contribution in [0.3, 0.4) is 0 Å². The van der Waals surface area contributed by atoms with E-state index in [2.05, 4.69) is 27.4 Å². The van der Waals surface area contributed by atoms with Crippen LogP contribution in [0, 0.1) is 6.92 Å². The highest BCUT2D eigenvalue weighted by Gasteiger charge is 2.19. The van der Waals surface area contributed by atoms with Gasteiger partial charge in [0.2, 0.25) is 5.95 Å². The van der Waals surface area contributed by atoms with E-state index >= 15 is 0 Å². The molecule has 3 N–H and O–H groups in total. The Labute approximate surface area is 173 Å². The van der Waals surface area contributed by atoms with Crippen LogP contribution in [0.2, 0.25) is 10.0 Å². The fraction of sp³-hybridized carbons (Fsp3) is 0.190. The van der Waals surface area contributed by atoms with E-state index in [0.29, 0.717) is 39.1 Å². The largest absolute Gasteiger partial charge is 0.368 e. The minimum Gasteiger partial charge on any atom is -0.368 e. The van der Waals surface area contributed by atoms with Crippen molar-refractivity contribution in [3.63, 3.8) is 0 Å². The zero-order valence-corrected chi connectivity index (χ0v) is 16.9. The first-order chi connectivity index (χ1) is 13.5. The summed E-state index contributed by atoms with van der Waals surface area (Å²) in [4.78, 5) is 21.3. The molecule has 7 heteroatoms. The van der Waals surface area contributed by atoms with E-state index < -0.39 is 0 Å². The molecule has 0 saturated heterocycles. The number of nitrogen functional groups attached to an aromatic ring is 1. The summed E-state index contributed by atoms with van der Waals surface area (Å²) in [5.74, 6) is -0.147. The molecule has 0 unspecified atom stereocenters. The van der Waals surface area contributed by atoms with Crippen molar-refractivity contribution in [1.82, 2.24) is 15.3 Å². The second-order valence-electron chi connectivity index (χ2n) is 6.36. The predicted octanol–water partition coefficient (Wildman–Crippen LogP) is 4.70. The van der Waals surface area contributed by atoms with Crippen molar-refractivity contribution in [2.75, 3.05) is 12.3 Å². The Morgan fingerprint density at radius 2 is 1.82 bits per heavy atom. The minimum absolute atomic E-state index is 0.0965. The van der Waals surface area contributed by atoms with Crippen molar-refractivity contribution < 1.29 is 4.79 Å². The van der Waals surface area contributed by atoms with E-state index in [-0.39, 0.29) is 11.9 Å². The number of halogens is 2. The lowest BCUT2D eigenvalue weighted by molar-refractivity contribution is 0.0952. The average Bonchev–Trinajstić information content (AvgIpc) is 2.67. The molecule has 0 radical (unpaired) electrons. The molecule has 0 aliphatic rings. The van der Waals surface area contributed by atoms with Crippen molar-refractivity contribution in [2.45, 2.75) is 19.8 Å². The Bertz CT molecular complexity index is 993. The van der Waals surface area contributed by atoms with Crippen LogP contribution < -0.4 is 11.1 Å². The summed E-state index contributed by atoms with van der Waals surface area (Å²) in [6, 6.07) is 15.2. The molecule has 0 aliphatic carbocycles. The number of aryl methyl sites for hydroxylation is 2. The second-order valence-corrected chi connectivity index (χ2v) is 7.18. The molecule has 28 heavy (non-hydrogen) atoms. The summed E-state index contributed by atoms with van der Waals surface area (Å²) in [5, 5.41) is 3.75. The Morgan fingerprint density at radius 3 is 2.54 bits per heavy atom. The lowest BCUT2D eigenvalue weighted by Crippen LogP contribution is -2.27. The maximum Gasteiger partial charge on any atom is 0.255 e. The van der Waals surface area contributed by atoms with Crippen LogP contribution in [0.25, 0.3) is 11.3 Å². The smallest absolute Gasteiger partial charge is 0.255 e. The molecule has 1 aromatic heterocycles. The molecule has 3 aromatic rings. The number of benzene rings is 2. The summed E-state index contributed by atoms with van der Waals surface area (Å²) >= 11 is 12.1. The molecule has 5 nitrogen and oxygen atoms in total. The number of carbonyl (C=O) groups excluding carboxylic acids is 1. The van der Waals surface area contributed by atoms with Crippen LogP contribution in [0.5, 0.6) is 0 Å². The minimum atomic E-state index is -0.244. The van der Waals surface area contributed by atoms with Crippen molar-refractivity contribution in [2.24, 2.45) is 0 Å². The molecule has 0 spiro atoms. The number of carbonyl (C=O) groups is 1. The number of hydrogen-bond donors (Lipinski definition) is 2. The van der Waals surface area contributed by atoms with E-state index in [9.17, 15) is 4.79 Å². The van der Waals surface area contributed by atoms with Gasteiger partial charge in [-0.1, -0.05) is 59.6 Å². The van der Waals surface area contributed by atoms with Gasteiger partial charge in [0.05, 0.1) is 27.0 Å². The van der Waals surface area contributed by atoms with Gasteiger partial charge in [-0.15, -0.1) is 0 Å². The summed E-state index contributed by atoms with van der Waals surface area (Å²) < 4.78 is 0. The molecule has 0 fully saturated rings. The van der Waals surface area contributed by atoms with E-state index in [0.717, 1.165) is 12.8 Å². The third-order valence-electron chi connectivity index (χ3n) is 4.30. The Morgan fingerprint density at radius 1 is 1.07 bits per heavy atom. The normalized spacial score (nSPS) is 10.7. The van der Waals surface area contributed by atoms with Crippen molar-refractivity contribution >= 4 is 35.1 Å². The van der Waals surface area contributed by atoms with Gasteiger partial charge >= 0.3 is 0 Å². The van der Waals surface area contributed by atoms with E-state index in [1.807, 2.05) is 18.2 Å². The van der Waals surface area contributed by atoms with Gasteiger partial charge in [-0.3, -0.25) is 4.79 Å². The number of anilines is 1. The number of nitrogens with one attached hydrogen (secondary N) is 1. The van der Waals surface area contributed by atoms with Crippen molar-refractivity contribution in [1.29, 1.82) is 0 Å². The number of nitrogens with zero attached hydrogens (tertiary/aromatic N) is 2. The van der Waals surface area contributed by atoms with Gasteiger partial charge < -0.3 is 11.1 Å². The lowest BCUT2D eigenvalue weighted by atomic mass is 10.0. The Balaban J connectivity index is 1.78. The van der Waals surface area contributed by atoms with E-state index in [4.69, 9.17) is 28.9 Å². The fourth-order valence-electron chi connectivity index (χ4n) is 2.95. The number of nitrogens with two attached hydrogens (primary N) is 1. The molecular formula is C21H20Cl2N4O. The first-order valence-electron chi connectivity index (χ1n) is 8.87. The zero-order chi connectivity index (χ0) is 20.1. The van der Waals surface area contributed by atoms with Gasteiger partial charge in [0.1, 0.15) is 0 Å². The SMILES string of the molecule is Cc1nc(N)nc(-c2ccc(Cl)c(Cl)c2)c1C(=O)NCCCc1ccccc1. The lowest BCUT2D eigenvalue weighted by Gasteiger charge is -2.13. The molecule has 0 aliphatic heterocycles. The fourth-order valence-corrected chi connectivity index (χ4v) is 3.24. The third-order valence-corrected chi connectivity index (χ3v) is 5.04. The van der Waals surface area contributed by atoms with E-state index in [1.54, 1.807) is 25.1 Å². The van der Waals surface area contributed by atoms with Crippen LogP contribution in [-0.4, -0.2) is 22.4 Å². The van der Waals surface area contributed by atoms with Crippen LogP contribution in [0.15, 0.2) is 48.5 Å². The molecule has 0 saturated carbocycles. The Kier molecular flexibility index (Phi) is 6.49. The van der Waals surface area contributed by atoms with Crippen LogP contribution in [0.1, 0.15) is 28.0 Å². The van der Waals surface area contributed by atoms with Crippen LogP contribution in [-0.2, 0) is 6.42 Å². The van der Waals surface area contributed by atoms with Gasteiger partial charge in [-0.05, 0) is 37.5 Å². The molecule has 2 aromatic carbocycles. The average molecular weight is 415 g/mol. The molecule has 0 bridgehead atoms. The van der Waals surface area contributed by atoms with Crippen LogP contribution >= 0.6 is 23.2 Å². The second kappa shape index (κ2) is 9.04. The van der Waals surface area contributed by atoms with E-state index in [1.165, 1.54) is 5.56 Å². The predicted molar refractivity (Wildman–Crippen MR) is 114 cm³/mol. The highest BCUT2D eigenvalue weighted by atomic mass is 35.5. The Hall–Kier alpha value is -2.63. The maximum absolute atomic E-state index is 12.8. The monoisotopic (exact) mass is 414 g/mol. The molecule has 144 valence electrons.